The molecule has 0 spiro atoms. The van der Waals surface area contributed by atoms with Gasteiger partial charge in [-0.25, -0.2) is 13.2 Å². The standard InChI is InChI=1S/C18H16O6S/c1-2-23-17(20)11-25(21,22)10-13-9-16(19)24-18-14-6-4-3-5-12(14)7-8-15(13)18/h3-9H,2,10-11H2,1H3. The van der Waals surface area contributed by atoms with Crippen LogP contribution in [-0.4, -0.2) is 26.7 Å². The Kier molecular flexibility index (Phi) is 4.59. The summed E-state index contributed by atoms with van der Waals surface area (Å²) in [6.45, 7) is 1.71. The zero-order chi connectivity index (χ0) is 18.0. The molecule has 1 aromatic heterocycles. The largest absolute Gasteiger partial charge is 0.465 e. The lowest BCUT2D eigenvalue weighted by molar-refractivity contribution is -0.139. The number of fused-ring (bicyclic) bond motifs is 3. The van der Waals surface area contributed by atoms with Gasteiger partial charge in [0.05, 0.1) is 12.4 Å². The molecule has 0 atom stereocenters. The Morgan fingerprint density at radius 3 is 2.64 bits per heavy atom. The highest BCUT2D eigenvalue weighted by Gasteiger charge is 2.21. The van der Waals surface area contributed by atoms with E-state index in [0.29, 0.717) is 16.5 Å². The SMILES string of the molecule is CCOC(=O)CS(=O)(=O)Cc1cc(=O)oc2c1ccc1ccccc12. The Morgan fingerprint density at radius 2 is 1.88 bits per heavy atom. The fourth-order valence-corrected chi connectivity index (χ4v) is 4.00. The highest BCUT2D eigenvalue weighted by molar-refractivity contribution is 7.91. The summed E-state index contributed by atoms with van der Waals surface area (Å²) in [6, 6.07) is 12.1. The van der Waals surface area contributed by atoms with Gasteiger partial charge in [0.25, 0.3) is 0 Å². The van der Waals surface area contributed by atoms with Crippen LogP contribution in [0.3, 0.4) is 0 Å². The molecule has 0 aliphatic heterocycles. The maximum atomic E-state index is 12.3. The second kappa shape index (κ2) is 6.68. The van der Waals surface area contributed by atoms with Crippen molar-refractivity contribution in [1.82, 2.24) is 0 Å². The van der Waals surface area contributed by atoms with E-state index in [1.807, 2.05) is 24.3 Å². The number of ether oxygens (including phenoxy) is 1. The molecule has 0 fully saturated rings. The minimum atomic E-state index is -3.77. The molecule has 0 unspecified atom stereocenters. The molecule has 130 valence electrons. The first-order valence-electron chi connectivity index (χ1n) is 7.70. The quantitative estimate of drug-likeness (QED) is 0.394. The first-order chi connectivity index (χ1) is 11.9. The van der Waals surface area contributed by atoms with Crippen molar-refractivity contribution >= 4 is 37.5 Å². The third-order valence-corrected chi connectivity index (χ3v) is 5.17. The van der Waals surface area contributed by atoms with E-state index in [2.05, 4.69) is 4.74 Å². The van der Waals surface area contributed by atoms with Crippen molar-refractivity contribution in [3.8, 4) is 0 Å². The van der Waals surface area contributed by atoms with Crippen molar-refractivity contribution < 1.29 is 22.4 Å². The maximum Gasteiger partial charge on any atom is 0.336 e. The van der Waals surface area contributed by atoms with Crippen LogP contribution in [-0.2, 0) is 25.1 Å². The fraction of sp³-hybridized carbons (Fsp3) is 0.222. The van der Waals surface area contributed by atoms with Gasteiger partial charge in [0.1, 0.15) is 11.3 Å². The molecule has 0 N–H and O–H groups in total. The Bertz CT molecular complexity index is 1110. The van der Waals surface area contributed by atoms with Gasteiger partial charge in [0.15, 0.2) is 9.84 Å². The van der Waals surface area contributed by atoms with Crippen molar-refractivity contribution in [3.63, 3.8) is 0 Å². The van der Waals surface area contributed by atoms with Crippen molar-refractivity contribution in [1.29, 1.82) is 0 Å². The summed E-state index contributed by atoms with van der Waals surface area (Å²) < 4.78 is 34.5. The number of benzene rings is 2. The molecule has 3 aromatic rings. The molecule has 7 heteroatoms. The summed E-state index contributed by atoms with van der Waals surface area (Å²) in [5.41, 5.74) is 0.0124. The zero-order valence-electron chi connectivity index (χ0n) is 13.5. The van der Waals surface area contributed by atoms with Gasteiger partial charge >= 0.3 is 11.6 Å². The lowest BCUT2D eigenvalue weighted by Crippen LogP contribution is -2.20. The third kappa shape index (κ3) is 3.71. The number of rotatable bonds is 5. The van der Waals surface area contributed by atoms with Crippen LogP contribution in [0.25, 0.3) is 21.7 Å². The predicted molar refractivity (Wildman–Crippen MR) is 94.1 cm³/mol. The van der Waals surface area contributed by atoms with E-state index in [9.17, 15) is 18.0 Å². The molecule has 0 bridgehead atoms. The molecule has 0 radical (unpaired) electrons. The van der Waals surface area contributed by atoms with E-state index >= 15 is 0 Å². The number of sulfone groups is 1. The minimum Gasteiger partial charge on any atom is -0.465 e. The number of carbonyl (C=O) groups is 1. The summed E-state index contributed by atoms with van der Waals surface area (Å²) >= 11 is 0. The fourth-order valence-electron chi connectivity index (χ4n) is 2.75. The zero-order valence-corrected chi connectivity index (χ0v) is 14.3. The molecule has 0 saturated carbocycles. The Hall–Kier alpha value is -2.67. The molecule has 0 amide bonds. The number of esters is 1. The van der Waals surface area contributed by atoms with Crippen LogP contribution in [0.1, 0.15) is 12.5 Å². The average molecular weight is 360 g/mol. The number of carbonyl (C=O) groups excluding carboxylic acids is 1. The summed E-state index contributed by atoms with van der Waals surface area (Å²) in [7, 11) is -3.77. The molecular formula is C18H16O6S. The van der Waals surface area contributed by atoms with Gasteiger partial charge < -0.3 is 9.15 Å². The highest BCUT2D eigenvalue weighted by atomic mass is 32.2. The van der Waals surface area contributed by atoms with Crippen molar-refractivity contribution in [2.24, 2.45) is 0 Å². The molecule has 1 heterocycles. The molecule has 25 heavy (non-hydrogen) atoms. The van der Waals surface area contributed by atoms with Gasteiger partial charge in [-0.05, 0) is 17.9 Å². The van der Waals surface area contributed by atoms with E-state index in [4.69, 9.17) is 4.42 Å². The van der Waals surface area contributed by atoms with Crippen molar-refractivity contribution in [2.45, 2.75) is 12.7 Å². The molecule has 3 rings (SSSR count). The summed E-state index contributed by atoms with van der Waals surface area (Å²) in [5.74, 6) is -1.97. The van der Waals surface area contributed by atoms with Crippen LogP contribution in [0.15, 0.2) is 51.7 Å². The average Bonchev–Trinajstić information content (AvgIpc) is 2.53. The van der Waals surface area contributed by atoms with Gasteiger partial charge in [-0.3, -0.25) is 4.79 Å². The molecule has 0 saturated heterocycles. The third-order valence-electron chi connectivity index (χ3n) is 3.74. The van der Waals surface area contributed by atoms with Crippen LogP contribution >= 0.6 is 0 Å². The smallest absolute Gasteiger partial charge is 0.336 e. The van der Waals surface area contributed by atoms with Gasteiger partial charge in [0, 0.05) is 16.8 Å². The summed E-state index contributed by atoms with van der Waals surface area (Å²) in [5, 5.41) is 2.14. The monoisotopic (exact) mass is 360 g/mol. The van der Waals surface area contributed by atoms with Gasteiger partial charge in [-0.2, -0.15) is 0 Å². The van der Waals surface area contributed by atoms with Crippen LogP contribution < -0.4 is 5.63 Å². The van der Waals surface area contributed by atoms with Crippen LogP contribution in [0.2, 0.25) is 0 Å². The molecule has 6 nitrogen and oxygen atoms in total. The Morgan fingerprint density at radius 1 is 1.12 bits per heavy atom. The Labute approximate surface area is 143 Å². The second-order valence-electron chi connectivity index (χ2n) is 5.59. The van der Waals surface area contributed by atoms with E-state index in [0.717, 1.165) is 16.8 Å². The van der Waals surface area contributed by atoms with Crippen LogP contribution in [0.5, 0.6) is 0 Å². The van der Waals surface area contributed by atoms with Gasteiger partial charge in [-0.1, -0.05) is 36.4 Å². The molecule has 0 aliphatic carbocycles. The lowest BCUT2D eigenvalue weighted by Gasteiger charge is -2.08. The van der Waals surface area contributed by atoms with Gasteiger partial charge in [0.2, 0.25) is 0 Å². The van der Waals surface area contributed by atoms with Crippen LogP contribution in [0.4, 0.5) is 0 Å². The molecular weight excluding hydrogens is 344 g/mol. The van der Waals surface area contributed by atoms with Gasteiger partial charge in [-0.15, -0.1) is 0 Å². The van der Waals surface area contributed by atoms with E-state index in [-0.39, 0.29) is 6.61 Å². The van der Waals surface area contributed by atoms with Crippen LogP contribution in [0, 0.1) is 0 Å². The first kappa shape index (κ1) is 17.2. The maximum absolute atomic E-state index is 12.3. The first-order valence-corrected chi connectivity index (χ1v) is 9.52. The van der Waals surface area contributed by atoms with E-state index in [1.54, 1.807) is 19.1 Å². The lowest BCUT2D eigenvalue weighted by atomic mass is 10.0. The summed E-state index contributed by atoms with van der Waals surface area (Å²) in [4.78, 5) is 23.4. The van der Waals surface area contributed by atoms with E-state index in [1.165, 1.54) is 0 Å². The minimum absolute atomic E-state index is 0.109. The molecule has 0 aliphatic rings. The van der Waals surface area contributed by atoms with Crippen molar-refractivity contribution in [2.75, 3.05) is 12.4 Å². The number of hydrogen-bond acceptors (Lipinski definition) is 6. The topological polar surface area (TPSA) is 90.7 Å². The molecule has 2 aromatic carbocycles. The predicted octanol–water partition coefficient (Wildman–Crippen LogP) is 2.42. The second-order valence-corrected chi connectivity index (χ2v) is 7.66. The normalized spacial score (nSPS) is 11.7. The Balaban J connectivity index is 2.09. The van der Waals surface area contributed by atoms with E-state index < -0.39 is 32.9 Å². The number of hydrogen-bond donors (Lipinski definition) is 0. The summed E-state index contributed by atoms with van der Waals surface area (Å²) in [6.07, 6.45) is 0. The van der Waals surface area contributed by atoms with Crippen molar-refractivity contribution in [3.05, 3.63) is 58.4 Å². The highest BCUT2D eigenvalue weighted by Crippen LogP contribution is 2.27.